The summed E-state index contributed by atoms with van der Waals surface area (Å²) in [7, 11) is 0. The van der Waals surface area contributed by atoms with Crippen LogP contribution in [0.5, 0.6) is 11.6 Å². The van der Waals surface area contributed by atoms with E-state index in [9.17, 15) is 0 Å². The Morgan fingerprint density at radius 2 is 1.92 bits per heavy atom. The number of aliphatic imine (C=N–C) groups is 1. The van der Waals surface area contributed by atoms with Crippen molar-refractivity contribution in [3.63, 3.8) is 0 Å². The molecule has 1 atom stereocenters. The van der Waals surface area contributed by atoms with Gasteiger partial charge in [-0.05, 0) is 35.9 Å². The highest BCUT2D eigenvalue weighted by atomic mass is 16.5. The van der Waals surface area contributed by atoms with Gasteiger partial charge in [-0.3, -0.25) is 4.98 Å². The molecule has 1 unspecified atom stereocenters. The smallest absolute Gasteiger partial charge is 0.283 e. The monoisotopic (exact) mass is 330 g/mol. The SMILES string of the molecule is NC1=NC2(CO1)c1cc(-c3cccnc3)ccc1Oc1ncccc12. The number of hydrogen-bond acceptors (Lipinski definition) is 6. The minimum atomic E-state index is -0.737. The molecule has 0 fully saturated rings. The van der Waals surface area contributed by atoms with Crippen molar-refractivity contribution in [3.8, 4) is 22.8 Å². The largest absolute Gasteiger partial charge is 0.462 e. The summed E-state index contributed by atoms with van der Waals surface area (Å²) in [6.07, 6.45) is 5.28. The zero-order valence-corrected chi connectivity index (χ0v) is 13.2. The van der Waals surface area contributed by atoms with Crippen LogP contribution in [0, 0.1) is 0 Å². The fourth-order valence-electron chi connectivity index (χ4n) is 3.40. The molecule has 2 aliphatic rings. The van der Waals surface area contributed by atoms with Crippen LogP contribution in [0.4, 0.5) is 0 Å². The average Bonchev–Trinajstić information content (AvgIpc) is 3.05. The van der Waals surface area contributed by atoms with E-state index in [1.807, 2.05) is 42.6 Å². The summed E-state index contributed by atoms with van der Waals surface area (Å²) >= 11 is 0. The van der Waals surface area contributed by atoms with Crippen LogP contribution in [-0.4, -0.2) is 22.6 Å². The van der Waals surface area contributed by atoms with E-state index in [2.05, 4.69) is 21.0 Å². The molecule has 0 radical (unpaired) electrons. The van der Waals surface area contributed by atoms with E-state index in [1.54, 1.807) is 12.4 Å². The molecule has 6 heteroatoms. The maximum atomic E-state index is 6.00. The predicted octanol–water partition coefficient (Wildman–Crippen LogP) is 2.84. The number of aromatic nitrogens is 2. The van der Waals surface area contributed by atoms with Crippen molar-refractivity contribution in [1.29, 1.82) is 0 Å². The van der Waals surface area contributed by atoms with E-state index in [0.717, 1.165) is 22.3 Å². The molecule has 0 saturated heterocycles. The van der Waals surface area contributed by atoms with Gasteiger partial charge in [0.15, 0.2) is 5.54 Å². The Bertz CT molecular complexity index is 1000. The summed E-state index contributed by atoms with van der Waals surface area (Å²) in [4.78, 5) is 13.2. The quantitative estimate of drug-likeness (QED) is 0.742. The van der Waals surface area contributed by atoms with Crippen molar-refractivity contribution in [1.82, 2.24) is 9.97 Å². The lowest BCUT2D eigenvalue weighted by atomic mass is 9.81. The van der Waals surface area contributed by atoms with Crippen LogP contribution < -0.4 is 10.5 Å². The van der Waals surface area contributed by atoms with Gasteiger partial charge in [-0.25, -0.2) is 9.98 Å². The molecule has 0 amide bonds. The highest BCUT2D eigenvalue weighted by molar-refractivity contribution is 5.77. The molecule has 0 bridgehead atoms. The standard InChI is InChI=1S/C19H14N4O2/c20-18-23-19(11-24-18)14-4-2-8-22-17(14)25-16-6-5-12(9-15(16)19)13-3-1-7-21-10-13/h1-10H,11H2,(H2,20,23). The van der Waals surface area contributed by atoms with E-state index < -0.39 is 5.54 Å². The first-order valence-electron chi connectivity index (χ1n) is 7.93. The fourth-order valence-corrected chi connectivity index (χ4v) is 3.40. The topological polar surface area (TPSA) is 82.6 Å². The van der Waals surface area contributed by atoms with Crippen molar-refractivity contribution < 1.29 is 9.47 Å². The summed E-state index contributed by atoms with van der Waals surface area (Å²) in [5, 5.41) is 0. The Morgan fingerprint density at radius 1 is 1.00 bits per heavy atom. The number of pyridine rings is 2. The van der Waals surface area contributed by atoms with Gasteiger partial charge in [0.1, 0.15) is 12.4 Å². The van der Waals surface area contributed by atoms with Crippen molar-refractivity contribution >= 4 is 6.02 Å². The van der Waals surface area contributed by atoms with Crippen molar-refractivity contribution in [2.45, 2.75) is 5.54 Å². The fraction of sp³-hybridized carbons (Fsp3) is 0.105. The molecule has 2 aliphatic heterocycles. The Labute approximate surface area is 144 Å². The third kappa shape index (κ3) is 2.00. The highest BCUT2D eigenvalue weighted by Crippen LogP contribution is 2.50. The first kappa shape index (κ1) is 14.0. The second kappa shape index (κ2) is 5.04. The van der Waals surface area contributed by atoms with E-state index in [4.69, 9.17) is 15.2 Å². The molecule has 6 nitrogen and oxygen atoms in total. The second-order valence-electron chi connectivity index (χ2n) is 6.01. The van der Waals surface area contributed by atoms with Gasteiger partial charge in [0.25, 0.3) is 6.02 Å². The minimum absolute atomic E-state index is 0.175. The van der Waals surface area contributed by atoms with Gasteiger partial charge in [0.05, 0.1) is 5.56 Å². The van der Waals surface area contributed by atoms with Gasteiger partial charge in [-0.15, -0.1) is 0 Å². The second-order valence-corrected chi connectivity index (χ2v) is 6.01. The number of hydrogen-bond donors (Lipinski definition) is 1. The van der Waals surface area contributed by atoms with Crippen molar-refractivity contribution in [2.24, 2.45) is 10.7 Å². The van der Waals surface area contributed by atoms with Crippen LogP contribution in [0.25, 0.3) is 11.1 Å². The molecule has 0 saturated carbocycles. The Kier molecular flexibility index (Phi) is 2.82. The molecular weight excluding hydrogens is 316 g/mol. The predicted molar refractivity (Wildman–Crippen MR) is 92.3 cm³/mol. The summed E-state index contributed by atoms with van der Waals surface area (Å²) in [6, 6.07) is 13.9. The molecule has 1 spiro atoms. The number of ether oxygens (including phenoxy) is 2. The van der Waals surface area contributed by atoms with E-state index in [0.29, 0.717) is 18.2 Å². The molecular formula is C19H14N4O2. The number of fused-ring (bicyclic) bond motifs is 4. The van der Waals surface area contributed by atoms with Gasteiger partial charge in [-0.2, -0.15) is 0 Å². The molecule has 2 aromatic heterocycles. The van der Waals surface area contributed by atoms with Gasteiger partial charge >= 0.3 is 0 Å². The van der Waals surface area contributed by atoms with Gasteiger partial charge in [0, 0.05) is 29.7 Å². The van der Waals surface area contributed by atoms with Gasteiger partial charge < -0.3 is 15.2 Å². The Balaban J connectivity index is 1.75. The zero-order chi connectivity index (χ0) is 16.9. The van der Waals surface area contributed by atoms with Crippen LogP contribution in [-0.2, 0) is 10.3 Å². The van der Waals surface area contributed by atoms with Crippen LogP contribution in [0.3, 0.4) is 0 Å². The number of amidine groups is 1. The Hall–Kier alpha value is -3.41. The molecule has 2 N–H and O–H groups in total. The number of benzene rings is 1. The summed E-state index contributed by atoms with van der Waals surface area (Å²) in [5.41, 5.74) is 8.94. The van der Waals surface area contributed by atoms with E-state index in [1.165, 1.54) is 0 Å². The third-order valence-corrected chi connectivity index (χ3v) is 4.57. The summed E-state index contributed by atoms with van der Waals surface area (Å²) < 4.78 is 11.5. The van der Waals surface area contributed by atoms with E-state index in [-0.39, 0.29) is 6.02 Å². The Morgan fingerprint density at radius 3 is 2.72 bits per heavy atom. The zero-order valence-electron chi connectivity index (χ0n) is 13.2. The molecule has 122 valence electrons. The summed E-state index contributed by atoms with van der Waals surface area (Å²) in [5.74, 6) is 1.24. The van der Waals surface area contributed by atoms with Gasteiger partial charge in [-0.1, -0.05) is 12.1 Å². The minimum Gasteiger partial charge on any atom is -0.462 e. The lowest BCUT2D eigenvalue weighted by Gasteiger charge is -2.32. The maximum Gasteiger partial charge on any atom is 0.283 e. The normalized spacial score (nSPS) is 20.2. The molecule has 3 aromatic rings. The number of nitrogens with two attached hydrogens (primary N) is 1. The van der Waals surface area contributed by atoms with Crippen LogP contribution in [0.1, 0.15) is 11.1 Å². The lowest BCUT2D eigenvalue weighted by molar-refractivity contribution is 0.262. The van der Waals surface area contributed by atoms with E-state index >= 15 is 0 Å². The summed E-state index contributed by atoms with van der Waals surface area (Å²) in [6.45, 7) is 0.324. The first-order valence-corrected chi connectivity index (χ1v) is 7.93. The third-order valence-electron chi connectivity index (χ3n) is 4.57. The first-order chi connectivity index (χ1) is 12.3. The highest BCUT2D eigenvalue weighted by Gasteiger charge is 2.47. The van der Waals surface area contributed by atoms with Crippen molar-refractivity contribution in [2.75, 3.05) is 6.61 Å². The molecule has 4 heterocycles. The molecule has 25 heavy (non-hydrogen) atoms. The molecule has 0 aliphatic carbocycles. The van der Waals surface area contributed by atoms with Gasteiger partial charge in [0.2, 0.25) is 5.88 Å². The molecule has 5 rings (SSSR count). The number of nitrogens with zero attached hydrogens (tertiary/aromatic N) is 3. The number of rotatable bonds is 1. The lowest BCUT2D eigenvalue weighted by Crippen LogP contribution is -2.31. The van der Waals surface area contributed by atoms with Crippen LogP contribution in [0.2, 0.25) is 0 Å². The molecule has 1 aromatic carbocycles. The van der Waals surface area contributed by atoms with Crippen LogP contribution >= 0.6 is 0 Å². The average molecular weight is 330 g/mol. The van der Waals surface area contributed by atoms with Crippen molar-refractivity contribution in [3.05, 3.63) is 72.2 Å². The maximum absolute atomic E-state index is 6.00. The van der Waals surface area contributed by atoms with Crippen LogP contribution in [0.15, 0.2) is 66.0 Å².